The van der Waals surface area contributed by atoms with Crippen molar-refractivity contribution in [2.45, 2.75) is 25.6 Å². The number of nitrogens with zero attached hydrogens (tertiary/aromatic N) is 1. The number of piperidine rings is 1. The van der Waals surface area contributed by atoms with Crippen molar-refractivity contribution in [3.8, 4) is 5.75 Å². The summed E-state index contributed by atoms with van der Waals surface area (Å²) in [6.07, 6.45) is -1.58. The Morgan fingerprint density at radius 1 is 1.17 bits per heavy atom. The molecule has 1 aromatic carbocycles. The van der Waals surface area contributed by atoms with Gasteiger partial charge in [-0.05, 0) is 62.0 Å². The van der Waals surface area contributed by atoms with Crippen LogP contribution in [0.15, 0.2) is 24.3 Å². The van der Waals surface area contributed by atoms with Crippen molar-refractivity contribution in [2.24, 2.45) is 5.41 Å². The molecule has 2 aliphatic rings. The molecule has 0 aliphatic carbocycles. The molecule has 2 heterocycles. The zero-order valence-electron chi connectivity index (χ0n) is 13.2. The van der Waals surface area contributed by atoms with Crippen LogP contribution in [0.25, 0.3) is 0 Å². The molecule has 2 saturated heterocycles. The zero-order chi connectivity index (χ0) is 17.2. The van der Waals surface area contributed by atoms with E-state index >= 15 is 0 Å². The van der Waals surface area contributed by atoms with Crippen molar-refractivity contribution in [1.29, 1.82) is 0 Å². The number of carbonyl (C=O) groups excluding carboxylic acids is 1. The maximum Gasteiger partial charge on any atom is 0.573 e. The number of amides is 2. The minimum atomic E-state index is -4.72. The van der Waals surface area contributed by atoms with Crippen LogP contribution in [-0.2, 0) is 0 Å². The molecule has 1 spiro atoms. The Morgan fingerprint density at radius 2 is 1.83 bits per heavy atom. The van der Waals surface area contributed by atoms with Gasteiger partial charge < -0.3 is 20.3 Å². The highest BCUT2D eigenvalue weighted by Crippen LogP contribution is 2.38. The van der Waals surface area contributed by atoms with Gasteiger partial charge in [-0.1, -0.05) is 0 Å². The van der Waals surface area contributed by atoms with Crippen LogP contribution in [0, 0.1) is 5.41 Å². The lowest BCUT2D eigenvalue weighted by molar-refractivity contribution is -0.274. The molecule has 2 amide bonds. The molecule has 2 N–H and O–H groups in total. The number of anilines is 1. The number of likely N-dealkylation sites (tertiary alicyclic amines) is 1. The second kappa shape index (κ2) is 6.51. The third-order valence-electron chi connectivity index (χ3n) is 4.73. The van der Waals surface area contributed by atoms with E-state index in [0.29, 0.717) is 12.2 Å². The van der Waals surface area contributed by atoms with E-state index in [0.717, 1.165) is 38.9 Å². The second-order valence-electron chi connectivity index (χ2n) is 6.42. The van der Waals surface area contributed by atoms with E-state index in [4.69, 9.17) is 0 Å². The summed E-state index contributed by atoms with van der Waals surface area (Å²) in [5.41, 5.74) is 0.660. The monoisotopic (exact) mass is 343 g/mol. The van der Waals surface area contributed by atoms with Crippen molar-refractivity contribution in [1.82, 2.24) is 10.2 Å². The third kappa shape index (κ3) is 4.11. The Bertz CT molecular complexity index is 583. The number of hydrogen-bond donors (Lipinski definition) is 2. The van der Waals surface area contributed by atoms with Gasteiger partial charge in [-0.3, -0.25) is 0 Å². The Labute approximate surface area is 138 Å². The van der Waals surface area contributed by atoms with Gasteiger partial charge in [0.2, 0.25) is 0 Å². The van der Waals surface area contributed by atoms with E-state index in [9.17, 15) is 18.0 Å². The number of nitrogens with one attached hydrogen (secondary N) is 2. The van der Waals surface area contributed by atoms with Crippen LogP contribution in [0.3, 0.4) is 0 Å². The number of halogens is 3. The van der Waals surface area contributed by atoms with Crippen LogP contribution in [0.4, 0.5) is 23.7 Å². The van der Waals surface area contributed by atoms with Crippen LogP contribution in [0.5, 0.6) is 5.75 Å². The maximum absolute atomic E-state index is 12.3. The van der Waals surface area contributed by atoms with Crippen molar-refractivity contribution >= 4 is 11.7 Å². The quantitative estimate of drug-likeness (QED) is 0.867. The lowest BCUT2D eigenvalue weighted by Crippen LogP contribution is -2.40. The SMILES string of the molecule is O=C(Nc1ccc(OC(F)(F)F)cc1)N1CCC2(CCNCC2)C1. The fourth-order valence-corrected chi connectivity index (χ4v) is 3.42. The molecule has 0 saturated carbocycles. The minimum absolute atomic E-state index is 0.213. The average Bonchev–Trinajstić information content (AvgIpc) is 2.92. The first-order valence-corrected chi connectivity index (χ1v) is 7.98. The molecular formula is C16H20F3N3O2. The molecule has 1 aromatic rings. The fourth-order valence-electron chi connectivity index (χ4n) is 3.42. The van der Waals surface area contributed by atoms with E-state index in [2.05, 4.69) is 15.4 Å². The highest BCUT2D eigenvalue weighted by atomic mass is 19.4. The van der Waals surface area contributed by atoms with Gasteiger partial charge in [0.15, 0.2) is 0 Å². The largest absolute Gasteiger partial charge is 0.573 e. The Hall–Kier alpha value is -1.96. The number of alkyl halides is 3. The van der Waals surface area contributed by atoms with E-state index < -0.39 is 6.36 Å². The Balaban J connectivity index is 1.55. The van der Waals surface area contributed by atoms with E-state index in [-0.39, 0.29) is 17.2 Å². The first-order valence-electron chi connectivity index (χ1n) is 7.98. The average molecular weight is 343 g/mol. The highest BCUT2D eigenvalue weighted by Gasteiger charge is 2.40. The number of ether oxygens (including phenoxy) is 1. The van der Waals surface area contributed by atoms with Crippen molar-refractivity contribution < 1.29 is 22.7 Å². The van der Waals surface area contributed by atoms with Crippen LogP contribution < -0.4 is 15.4 Å². The third-order valence-corrected chi connectivity index (χ3v) is 4.73. The number of urea groups is 1. The summed E-state index contributed by atoms with van der Waals surface area (Å²) < 4.78 is 40.2. The van der Waals surface area contributed by atoms with E-state index in [1.807, 2.05) is 0 Å². The summed E-state index contributed by atoms with van der Waals surface area (Å²) in [6.45, 7) is 3.41. The van der Waals surface area contributed by atoms with Crippen molar-refractivity contribution in [3.05, 3.63) is 24.3 Å². The summed E-state index contributed by atoms with van der Waals surface area (Å²) in [5.74, 6) is -0.310. The summed E-state index contributed by atoms with van der Waals surface area (Å²) in [7, 11) is 0. The molecule has 0 atom stereocenters. The number of carbonyl (C=O) groups is 1. The lowest BCUT2D eigenvalue weighted by atomic mass is 9.78. The fraction of sp³-hybridized carbons (Fsp3) is 0.562. The van der Waals surface area contributed by atoms with Crippen LogP contribution in [-0.4, -0.2) is 43.5 Å². The number of hydrogen-bond acceptors (Lipinski definition) is 3. The van der Waals surface area contributed by atoms with Gasteiger partial charge in [0, 0.05) is 18.8 Å². The van der Waals surface area contributed by atoms with Gasteiger partial charge in [-0.25, -0.2) is 4.79 Å². The topological polar surface area (TPSA) is 53.6 Å². The molecule has 24 heavy (non-hydrogen) atoms. The molecule has 8 heteroatoms. The lowest BCUT2D eigenvalue weighted by Gasteiger charge is -2.33. The summed E-state index contributed by atoms with van der Waals surface area (Å²) in [5, 5.41) is 6.06. The van der Waals surface area contributed by atoms with Gasteiger partial charge in [-0.2, -0.15) is 0 Å². The molecule has 2 aliphatic heterocycles. The first-order chi connectivity index (χ1) is 11.4. The Morgan fingerprint density at radius 3 is 2.46 bits per heavy atom. The van der Waals surface area contributed by atoms with Crippen molar-refractivity contribution in [3.63, 3.8) is 0 Å². The smallest absolute Gasteiger partial charge is 0.406 e. The van der Waals surface area contributed by atoms with Gasteiger partial charge in [-0.15, -0.1) is 13.2 Å². The predicted octanol–water partition coefficient (Wildman–Crippen LogP) is 3.19. The van der Waals surface area contributed by atoms with E-state index in [1.165, 1.54) is 24.3 Å². The molecule has 3 rings (SSSR count). The predicted molar refractivity (Wildman–Crippen MR) is 82.9 cm³/mol. The second-order valence-corrected chi connectivity index (χ2v) is 6.42. The van der Waals surface area contributed by atoms with Crippen LogP contribution >= 0.6 is 0 Å². The van der Waals surface area contributed by atoms with E-state index in [1.54, 1.807) is 4.90 Å². The molecule has 0 radical (unpaired) electrons. The van der Waals surface area contributed by atoms with Gasteiger partial charge in [0.05, 0.1) is 0 Å². The molecule has 0 aromatic heterocycles. The highest BCUT2D eigenvalue weighted by molar-refractivity contribution is 5.89. The van der Waals surface area contributed by atoms with Gasteiger partial charge in [0.1, 0.15) is 5.75 Å². The zero-order valence-corrected chi connectivity index (χ0v) is 13.2. The van der Waals surface area contributed by atoms with Crippen LogP contribution in [0.2, 0.25) is 0 Å². The molecule has 0 bridgehead atoms. The summed E-state index contributed by atoms with van der Waals surface area (Å²) >= 11 is 0. The van der Waals surface area contributed by atoms with Gasteiger partial charge >= 0.3 is 12.4 Å². The minimum Gasteiger partial charge on any atom is -0.406 e. The standard InChI is InChI=1S/C16H20F3N3O2/c17-16(18,19)24-13-3-1-12(2-4-13)21-14(23)22-10-7-15(11-22)5-8-20-9-6-15/h1-4,20H,5-11H2,(H,21,23). The summed E-state index contributed by atoms with van der Waals surface area (Å²) in [6, 6.07) is 4.95. The molecular weight excluding hydrogens is 323 g/mol. The van der Waals surface area contributed by atoms with Crippen LogP contribution in [0.1, 0.15) is 19.3 Å². The molecule has 0 unspecified atom stereocenters. The van der Waals surface area contributed by atoms with Gasteiger partial charge in [0.25, 0.3) is 0 Å². The number of benzene rings is 1. The molecule has 2 fully saturated rings. The Kier molecular flexibility index (Phi) is 4.58. The molecule has 5 nitrogen and oxygen atoms in total. The molecule has 132 valence electrons. The van der Waals surface area contributed by atoms with Crippen molar-refractivity contribution in [2.75, 3.05) is 31.5 Å². The normalized spacial score (nSPS) is 20.2. The number of rotatable bonds is 2. The summed E-state index contributed by atoms with van der Waals surface area (Å²) in [4.78, 5) is 14.1. The maximum atomic E-state index is 12.3. The first kappa shape index (κ1) is 16.9.